The van der Waals surface area contributed by atoms with Gasteiger partial charge in [0, 0.05) is 18.7 Å². The minimum atomic E-state index is -0.615. The molecule has 1 aromatic carbocycles. The first kappa shape index (κ1) is 20.2. The summed E-state index contributed by atoms with van der Waals surface area (Å²) in [5, 5.41) is 5.67. The van der Waals surface area contributed by atoms with E-state index in [0.29, 0.717) is 24.5 Å². The lowest BCUT2D eigenvalue weighted by Crippen LogP contribution is -2.35. The van der Waals surface area contributed by atoms with Gasteiger partial charge in [-0.1, -0.05) is 41.6 Å². The number of rotatable bonds is 6. The quantitative estimate of drug-likeness (QED) is 0.658. The van der Waals surface area contributed by atoms with Gasteiger partial charge in [0.05, 0.1) is 12.0 Å². The molecule has 0 spiro atoms. The highest BCUT2D eigenvalue weighted by atomic mass is 32.2. The van der Waals surface area contributed by atoms with Crippen LogP contribution in [0.15, 0.2) is 52.2 Å². The van der Waals surface area contributed by atoms with Gasteiger partial charge in [-0.05, 0) is 24.6 Å². The van der Waals surface area contributed by atoms with Gasteiger partial charge in [-0.3, -0.25) is 14.4 Å². The molecule has 0 bridgehead atoms. The highest BCUT2D eigenvalue weighted by molar-refractivity contribution is 8.13. The van der Waals surface area contributed by atoms with Crippen molar-refractivity contribution in [2.24, 2.45) is 5.10 Å². The third-order valence-corrected chi connectivity index (χ3v) is 5.84. The molecule has 1 saturated heterocycles. The zero-order valence-electron chi connectivity index (χ0n) is 16.4. The number of thioether (sulfide) groups is 1. The lowest BCUT2D eigenvalue weighted by Gasteiger charge is -2.20. The van der Waals surface area contributed by atoms with Crippen LogP contribution in [-0.2, 0) is 14.3 Å². The molecular formula is C21H21N3O5S. The van der Waals surface area contributed by atoms with E-state index < -0.39 is 24.5 Å². The zero-order chi connectivity index (χ0) is 21.1. The largest absolute Gasteiger partial charge is 0.467 e. The number of amides is 2. The van der Waals surface area contributed by atoms with E-state index >= 15 is 0 Å². The van der Waals surface area contributed by atoms with Crippen molar-refractivity contribution in [1.82, 2.24) is 9.91 Å². The van der Waals surface area contributed by atoms with E-state index in [4.69, 9.17) is 9.15 Å². The fourth-order valence-corrected chi connectivity index (χ4v) is 4.17. The Kier molecular flexibility index (Phi) is 5.89. The Labute approximate surface area is 177 Å². The summed E-state index contributed by atoms with van der Waals surface area (Å²) in [6.45, 7) is 1.91. The summed E-state index contributed by atoms with van der Waals surface area (Å²) in [7, 11) is 0. The second-order valence-electron chi connectivity index (χ2n) is 7.08. The molecule has 2 amide bonds. The van der Waals surface area contributed by atoms with Crippen molar-refractivity contribution in [2.45, 2.75) is 19.4 Å². The second kappa shape index (κ2) is 8.74. The number of esters is 1. The molecule has 0 N–H and O–H groups in total. The van der Waals surface area contributed by atoms with Crippen LogP contribution in [-0.4, -0.2) is 58.2 Å². The van der Waals surface area contributed by atoms with Crippen molar-refractivity contribution < 1.29 is 23.5 Å². The van der Waals surface area contributed by atoms with Crippen LogP contribution >= 0.6 is 11.8 Å². The molecule has 8 nitrogen and oxygen atoms in total. The SMILES string of the molecule is Cc1ccc(C2=NN(C(=O)COC(=O)CN3CCSC3=O)C(c3ccco3)C2)cc1. The molecule has 0 saturated carbocycles. The normalized spacial score (nSPS) is 18.6. The van der Waals surface area contributed by atoms with E-state index in [0.717, 1.165) is 16.8 Å². The standard InChI is InChI=1S/C21H21N3O5S/c1-14-4-6-15(7-5-14)16-11-17(18-3-2-9-28-18)24(22-16)19(25)13-29-20(26)12-23-8-10-30-21(23)27/h2-7,9,17H,8,10-13H2,1H3. The highest BCUT2D eigenvalue weighted by Crippen LogP contribution is 2.33. The number of benzene rings is 1. The number of carbonyl (C=O) groups is 3. The summed E-state index contributed by atoms with van der Waals surface area (Å²) < 4.78 is 10.6. The smallest absolute Gasteiger partial charge is 0.326 e. The first-order valence-electron chi connectivity index (χ1n) is 9.58. The van der Waals surface area contributed by atoms with E-state index in [1.54, 1.807) is 18.4 Å². The molecule has 3 heterocycles. The topological polar surface area (TPSA) is 92.4 Å². The minimum absolute atomic E-state index is 0.150. The molecule has 30 heavy (non-hydrogen) atoms. The summed E-state index contributed by atoms with van der Waals surface area (Å²) >= 11 is 1.17. The van der Waals surface area contributed by atoms with E-state index in [1.165, 1.54) is 21.7 Å². The third kappa shape index (κ3) is 4.40. The third-order valence-electron chi connectivity index (χ3n) is 4.94. The Bertz CT molecular complexity index is 971. The molecule has 2 aliphatic rings. The number of carbonyl (C=O) groups excluding carboxylic acids is 3. The number of ether oxygens (including phenoxy) is 1. The second-order valence-corrected chi connectivity index (χ2v) is 8.13. The molecule has 1 unspecified atom stereocenters. The Balaban J connectivity index is 1.44. The lowest BCUT2D eigenvalue weighted by molar-refractivity contribution is -0.153. The maximum Gasteiger partial charge on any atom is 0.326 e. The number of hydrogen-bond donors (Lipinski definition) is 0. The molecule has 1 atom stereocenters. The van der Waals surface area contributed by atoms with Crippen molar-refractivity contribution in [3.8, 4) is 0 Å². The van der Waals surface area contributed by atoms with Gasteiger partial charge >= 0.3 is 5.97 Å². The first-order chi connectivity index (χ1) is 14.5. The van der Waals surface area contributed by atoms with Crippen molar-refractivity contribution in [2.75, 3.05) is 25.4 Å². The van der Waals surface area contributed by atoms with Crippen LogP contribution in [0.5, 0.6) is 0 Å². The molecule has 0 aliphatic carbocycles. The van der Waals surface area contributed by atoms with Crippen LogP contribution in [0.4, 0.5) is 4.79 Å². The maximum absolute atomic E-state index is 12.8. The Morgan fingerprint density at radius 2 is 2.07 bits per heavy atom. The molecule has 4 rings (SSSR count). The summed E-state index contributed by atoms with van der Waals surface area (Å²) in [5.74, 6) is 0.199. The van der Waals surface area contributed by atoms with Gasteiger partial charge in [0.1, 0.15) is 18.3 Å². The average molecular weight is 427 g/mol. The van der Waals surface area contributed by atoms with Gasteiger partial charge in [-0.15, -0.1) is 0 Å². The van der Waals surface area contributed by atoms with E-state index in [9.17, 15) is 14.4 Å². The first-order valence-corrected chi connectivity index (χ1v) is 10.6. The average Bonchev–Trinajstić information content (AvgIpc) is 3.48. The number of aryl methyl sites for hydroxylation is 1. The van der Waals surface area contributed by atoms with Crippen LogP contribution in [0.1, 0.15) is 29.3 Å². The van der Waals surface area contributed by atoms with Crippen molar-refractivity contribution in [3.63, 3.8) is 0 Å². The molecule has 2 aliphatic heterocycles. The number of furan rings is 1. The van der Waals surface area contributed by atoms with Crippen LogP contribution in [0.2, 0.25) is 0 Å². The summed E-state index contributed by atoms with van der Waals surface area (Å²) in [4.78, 5) is 37.9. The Hall–Kier alpha value is -3.07. The fraction of sp³-hybridized carbons (Fsp3) is 0.333. The van der Waals surface area contributed by atoms with Crippen LogP contribution < -0.4 is 0 Å². The predicted octanol–water partition coefficient (Wildman–Crippen LogP) is 2.98. The Morgan fingerprint density at radius 1 is 1.27 bits per heavy atom. The van der Waals surface area contributed by atoms with Crippen LogP contribution in [0, 0.1) is 6.92 Å². The maximum atomic E-state index is 12.8. The van der Waals surface area contributed by atoms with Gasteiger partial charge in [-0.25, -0.2) is 5.01 Å². The number of hydrogen-bond acceptors (Lipinski definition) is 7. The number of hydrazone groups is 1. The van der Waals surface area contributed by atoms with Gasteiger partial charge in [-0.2, -0.15) is 5.10 Å². The molecular weight excluding hydrogens is 406 g/mol. The van der Waals surface area contributed by atoms with E-state index in [1.807, 2.05) is 31.2 Å². The number of nitrogens with zero attached hydrogens (tertiary/aromatic N) is 3. The summed E-state index contributed by atoms with van der Waals surface area (Å²) in [6, 6.07) is 11.1. The van der Waals surface area contributed by atoms with Gasteiger partial charge in [0.25, 0.3) is 11.1 Å². The van der Waals surface area contributed by atoms with E-state index in [2.05, 4.69) is 5.10 Å². The molecule has 1 fully saturated rings. The van der Waals surface area contributed by atoms with E-state index in [-0.39, 0.29) is 11.8 Å². The molecule has 9 heteroatoms. The monoisotopic (exact) mass is 427 g/mol. The molecule has 156 valence electrons. The lowest BCUT2D eigenvalue weighted by atomic mass is 10.0. The zero-order valence-corrected chi connectivity index (χ0v) is 17.3. The van der Waals surface area contributed by atoms with Crippen molar-refractivity contribution >= 4 is 34.6 Å². The predicted molar refractivity (Wildman–Crippen MR) is 111 cm³/mol. The summed E-state index contributed by atoms with van der Waals surface area (Å²) in [5.41, 5.74) is 2.82. The fourth-order valence-electron chi connectivity index (χ4n) is 3.34. The highest BCUT2D eigenvalue weighted by Gasteiger charge is 2.35. The van der Waals surface area contributed by atoms with Gasteiger partial charge in [0.2, 0.25) is 0 Å². The minimum Gasteiger partial charge on any atom is -0.467 e. The molecule has 1 aromatic heterocycles. The molecule has 0 radical (unpaired) electrons. The summed E-state index contributed by atoms with van der Waals surface area (Å²) in [6.07, 6.45) is 2.04. The van der Waals surface area contributed by atoms with Crippen molar-refractivity contribution in [3.05, 3.63) is 59.5 Å². The van der Waals surface area contributed by atoms with Crippen LogP contribution in [0.3, 0.4) is 0 Å². The van der Waals surface area contributed by atoms with Gasteiger partial charge in [0.15, 0.2) is 6.61 Å². The molecule has 2 aromatic rings. The van der Waals surface area contributed by atoms with Crippen LogP contribution in [0.25, 0.3) is 0 Å². The van der Waals surface area contributed by atoms with Gasteiger partial charge < -0.3 is 14.1 Å². The van der Waals surface area contributed by atoms with Crippen molar-refractivity contribution in [1.29, 1.82) is 0 Å². The Morgan fingerprint density at radius 3 is 2.73 bits per heavy atom.